The summed E-state index contributed by atoms with van der Waals surface area (Å²) in [6.45, 7) is 0. The van der Waals surface area contributed by atoms with Crippen LogP contribution < -0.4 is 10.2 Å². The van der Waals surface area contributed by atoms with Crippen LogP contribution >= 0.6 is 0 Å². The van der Waals surface area contributed by atoms with Gasteiger partial charge in [-0.25, -0.2) is 4.79 Å². The third-order valence-corrected chi connectivity index (χ3v) is 4.37. The van der Waals surface area contributed by atoms with E-state index in [4.69, 9.17) is 9.47 Å². The van der Waals surface area contributed by atoms with Gasteiger partial charge < -0.3 is 20.2 Å². The van der Waals surface area contributed by atoms with Crippen LogP contribution in [0, 0.1) is 5.21 Å². The molecule has 5 nitrogen and oxygen atoms in total. The van der Waals surface area contributed by atoms with E-state index in [1.54, 1.807) is 25.3 Å². The smallest absolute Gasteiger partial charge is 0.338 e. The minimum atomic E-state index is -0.353. The largest absolute Gasteiger partial charge is 0.761 e. The zero-order valence-electron chi connectivity index (χ0n) is 15.2. The Morgan fingerprint density at radius 1 is 1.00 bits per heavy atom. The van der Waals surface area contributed by atoms with Gasteiger partial charge in [0.2, 0.25) is 0 Å². The molecule has 0 bridgehead atoms. The number of hydrogen-bond donors (Lipinski definition) is 1. The summed E-state index contributed by atoms with van der Waals surface area (Å²) in [5.41, 5.74) is 6.60. The van der Waals surface area contributed by atoms with E-state index in [0.29, 0.717) is 23.4 Å². The van der Waals surface area contributed by atoms with E-state index in [0.717, 1.165) is 22.3 Å². The van der Waals surface area contributed by atoms with Crippen molar-refractivity contribution in [2.24, 2.45) is 0 Å². The number of rotatable bonds is 6. The lowest BCUT2D eigenvalue weighted by Gasteiger charge is -2.15. The van der Waals surface area contributed by atoms with Gasteiger partial charge in [0.05, 0.1) is 19.8 Å². The number of hydrogen-bond acceptors (Lipinski definition) is 5. The fourth-order valence-electron chi connectivity index (χ4n) is 3.04. The number of ether oxygens (including phenoxy) is 2. The molecule has 0 heterocycles. The normalized spacial score (nSPS) is 10.3. The van der Waals surface area contributed by atoms with Crippen LogP contribution in [0.25, 0.3) is 11.1 Å². The Balaban J connectivity index is 2.00. The van der Waals surface area contributed by atoms with Crippen molar-refractivity contribution in [3.05, 3.63) is 88.6 Å². The highest BCUT2D eigenvalue weighted by molar-refractivity contribution is 5.91. The first-order valence-electron chi connectivity index (χ1n) is 8.48. The molecule has 0 aliphatic heterocycles. The van der Waals surface area contributed by atoms with E-state index in [1.807, 2.05) is 54.0 Å². The standard InChI is InChI=1S/C22H20NO4/c1-26-21-11-10-15(12-16-6-3-4-9-19(16)22(24)27-2)13-20(21)17-7-5-8-18(14-17)23-25/h3-11,13-14,23H,12H2,1-2H3/q-1. The number of nitrogens with one attached hydrogen (secondary N) is 1. The molecule has 27 heavy (non-hydrogen) atoms. The van der Waals surface area contributed by atoms with Crippen molar-refractivity contribution in [2.45, 2.75) is 6.42 Å². The summed E-state index contributed by atoms with van der Waals surface area (Å²) in [5, 5.41) is 11.0. The summed E-state index contributed by atoms with van der Waals surface area (Å²) < 4.78 is 10.4. The van der Waals surface area contributed by atoms with Crippen LogP contribution in [0.4, 0.5) is 5.69 Å². The third-order valence-electron chi connectivity index (χ3n) is 4.37. The van der Waals surface area contributed by atoms with Gasteiger partial charge in [-0.1, -0.05) is 36.4 Å². The monoisotopic (exact) mass is 362 g/mol. The van der Waals surface area contributed by atoms with E-state index in [2.05, 4.69) is 0 Å². The van der Waals surface area contributed by atoms with Crippen LogP contribution in [0.5, 0.6) is 5.75 Å². The Hall–Kier alpha value is -3.31. The van der Waals surface area contributed by atoms with Crippen molar-refractivity contribution >= 4 is 11.7 Å². The van der Waals surface area contributed by atoms with Gasteiger partial charge in [-0.15, -0.1) is 0 Å². The Morgan fingerprint density at radius 3 is 2.56 bits per heavy atom. The number of benzene rings is 3. The number of anilines is 1. The number of esters is 1. The highest BCUT2D eigenvalue weighted by Gasteiger charge is 2.13. The number of methoxy groups -OCH3 is 2. The van der Waals surface area contributed by atoms with E-state index < -0.39 is 0 Å². The average Bonchev–Trinajstić information content (AvgIpc) is 2.73. The molecule has 0 aromatic heterocycles. The number of carbonyl (C=O) groups is 1. The zero-order valence-corrected chi connectivity index (χ0v) is 15.2. The van der Waals surface area contributed by atoms with Crippen molar-refractivity contribution in [1.82, 2.24) is 0 Å². The van der Waals surface area contributed by atoms with Crippen molar-refractivity contribution in [3.8, 4) is 16.9 Å². The minimum Gasteiger partial charge on any atom is -0.761 e. The molecule has 0 spiro atoms. The lowest BCUT2D eigenvalue weighted by atomic mass is 9.96. The summed E-state index contributed by atoms with van der Waals surface area (Å²) in [5.74, 6) is 0.358. The van der Waals surface area contributed by atoms with Gasteiger partial charge >= 0.3 is 5.97 Å². The van der Waals surface area contributed by atoms with Crippen molar-refractivity contribution < 1.29 is 14.3 Å². The maximum Gasteiger partial charge on any atom is 0.338 e. The first-order valence-corrected chi connectivity index (χ1v) is 8.48. The minimum absolute atomic E-state index is 0.353. The van der Waals surface area contributed by atoms with Crippen LogP contribution in [0.3, 0.4) is 0 Å². The highest BCUT2D eigenvalue weighted by atomic mass is 16.5. The molecule has 0 aliphatic rings. The Kier molecular flexibility index (Phi) is 5.74. The molecule has 0 saturated heterocycles. The van der Waals surface area contributed by atoms with E-state index >= 15 is 0 Å². The maximum atomic E-state index is 12.0. The van der Waals surface area contributed by atoms with Crippen LogP contribution in [0.1, 0.15) is 21.5 Å². The van der Waals surface area contributed by atoms with Crippen LogP contribution in [-0.4, -0.2) is 20.2 Å². The molecule has 5 heteroatoms. The lowest BCUT2D eigenvalue weighted by molar-refractivity contribution is 0.0599. The molecular formula is C22H20NO4-. The van der Waals surface area contributed by atoms with Gasteiger partial charge in [-0.2, -0.15) is 0 Å². The third kappa shape index (κ3) is 4.10. The van der Waals surface area contributed by atoms with Gasteiger partial charge in [0.25, 0.3) is 0 Å². The van der Waals surface area contributed by atoms with Gasteiger partial charge in [-0.05, 0) is 53.4 Å². The Labute approximate surface area is 158 Å². The molecule has 0 radical (unpaired) electrons. The zero-order chi connectivity index (χ0) is 19.2. The fraction of sp³-hybridized carbons (Fsp3) is 0.136. The first-order chi connectivity index (χ1) is 13.2. The molecule has 0 aliphatic carbocycles. The average molecular weight is 362 g/mol. The predicted octanol–water partition coefficient (Wildman–Crippen LogP) is 4.65. The summed E-state index contributed by atoms with van der Waals surface area (Å²) in [7, 11) is 2.99. The molecule has 3 aromatic carbocycles. The summed E-state index contributed by atoms with van der Waals surface area (Å²) in [6, 6.07) is 20.5. The van der Waals surface area contributed by atoms with Crippen LogP contribution in [0.15, 0.2) is 66.7 Å². The Morgan fingerprint density at radius 2 is 1.81 bits per heavy atom. The molecule has 1 N–H and O–H groups in total. The SMILES string of the molecule is COC(=O)c1ccccc1Cc1ccc(OC)c(-c2cccc(N[O-])c2)c1. The second-order valence-electron chi connectivity index (χ2n) is 6.04. The molecule has 0 saturated carbocycles. The fourth-order valence-corrected chi connectivity index (χ4v) is 3.04. The van der Waals surface area contributed by atoms with Gasteiger partial charge in [0, 0.05) is 11.3 Å². The Bertz CT molecular complexity index is 953. The predicted molar refractivity (Wildman–Crippen MR) is 106 cm³/mol. The van der Waals surface area contributed by atoms with Gasteiger partial charge in [-0.3, -0.25) is 0 Å². The molecule has 0 unspecified atom stereocenters. The van der Waals surface area contributed by atoms with Crippen molar-refractivity contribution in [1.29, 1.82) is 0 Å². The molecule has 3 rings (SSSR count). The quantitative estimate of drug-likeness (QED) is 0.510. The van der Waals surface area contributed by atoms with Gasteiger partial charge in [0.15, 0.2) is 0 Å². The maximum absolute atomic E-state index is 12.0. The van der Waals surface area contributed by atoms with Crippen molar-refractivity contribution in [3.63, 3.8) is 0 Å². The van der Waals surface area contributed by atoms with Crippen LogP contribution in [-0.2, 0) is 11.2 Å². The summed E-state index contributed by atoms with van der Waals surface area (Å²) in [4.78, 5) is 12.0. The molecule has 0 atom stereocenters. The lowest BCUT2D eigenvalue weighted by Crippen LogP contribution is -2.06. The molecule has 0 fully saturated rings. The van der Waals surface area contributed by atoms with Crippen molar-refractivity contribution in [2.75, 3.05) is 19.7 Å². The molecule has 138 valence electrons. The second kappa shape index (κ2) is 8.38. The summed E-state index contributed by atoms with van der Waals surface area (Å²) in [6.07, 6.45) is 0.571. The first kappa shape index (κ1) is 18.5. The second-order valence-corrected chi connectivity index (χ2v) is 6.04. The molecule has 3 aromatic rings. The topological polar surface area (TPSA) is 70.6 Å². The molecule has 0 amide bonds. The van der Waals surface area contributed by atoms with Gasteiger partial charge in [0.1, 0.15) is 5.75 Å². The summed E-state index contributed by atoms with van der Waals surface area (Å²) >= 11 is 0. The van der Waals surface area contributed by atoms with E-state index in [-0.39, 0.29) is 5.97 Å². The van der Waals surface area contributed by atoms with E-state index in [1.165, 1.54) is 7.11 Å². The van der Waals surface area contributed by atoms with Crippen LogP contribution in [0.2, 0.25) is 0 Å². The number of carbonyl (C=O) groups excluding carboxylic acids is 1. The highest BCUT2D eigenvalue weighted by Crippen LogP contribution is 2.33. The molecular weight excluding hydrogens is 342 g/mol. The van der Waals surface area contributed by atoms with E-state index in [9.17, 15) is 10.0 Å².